The molecule has 0 aromatic carbocycles. The second kappa shape index (κ2) is 4.44. The van der Waals surface area contributed by atoms with Crippen molar-refractivity contribution >= 4 is 39.8 Å². The number of alkyl halides is 1. The molecule has 0 rings (SSSR count). The normalized spacial score (nSPS) is 9.89. The van der Waals surface area contributed by atoms with Crippen molar-refractivity contribution in [2.75, 3.05) is 11.6 Å². The fourth-order valence-corrected chi connectivity index (χ4v) is 1.16. The highest BCUT2D eigenvalue weighted by Gasteiger charge is 2.05. The number of hydrogen-bond acceptors (Lipinski definition) is 1. The molecular weight excluding hydrogens is 245 g/mol. The number of nitrogens with zero attached hydrogens (tertiary/aromatic N) is 1. The van der Waals surface area contributed by atoms with Crippen LogP contribution in [0.25, 0.3) is 0 Å². The largest absolute Gasteiger partial charge is 0.360 e. The summed E-state index contributed by atoms with van der Waals surface area (Å²) in [5, 5.41) is 0. The van der Waals surface area contributed by atoms with Gasteiger partial charge in [-0.25, -0.2) is 0 Å². The quantitative estimate of drug-likeness (QED) is 0.323. The van der Waals surface area contributed by atoms with Crippen LogP contribution in [0.1, 0.15) is 13.8 Å². The highest BCUT2D eigenvalue weighted by molar-refractivity contribution is 14.1. The first-order chi connectivity index (χ1) is 4.09. The molecule has 9 heavy (non-hydrogen) atoms. The molecule has 54 valence electrons. The zero-order chi connectivity index (χ0) is 7.44. The SMILES string of the molecule is CC(C)C(=S)N(C)CI. The van der Waals surface area contributed by atoms with Crippen molar-refractivity contribution < 1.29 is 0 Å². The number of rotatable bonds is 2. The first-order valence-corrected chi connectivity index (χ1v) is 4.84. The van der Waals surface area contributed by atoms with Crippen molar-refractivity contribution in [1.29, 1.82) is 0 Å². The van der Waals surface area contributed by atoms with Gasteiger partial charge in [-0.1, -0.05) is 48.7 Å². The van der Waals surface area contributed by atoms with E-state index in [2.05, 4.69) is 41.3 Å². The van der Waals surface area contributed by atoms with Crippen LogP contribution in [0.5, 0.6) is 0 Å². The maximum absolute atomic E-state index is 5.12. The van der Waals surface area contributed by atoms with E-state index in [4.69, 9.17) is 12.2 Å². The fourth-order valence-electron chi connectivity index (χ4n) is 0.500. The van der Waals surface area contributed by atoms with Crippen LogP contribution in [0.2, 0.25) is 0 Å². The molecule has 3 heteroatoms. The van der Waals surface area contributed by atoms with Crippen molar-refractivity contribution in [2.45, 2.75) is 13.8 Å². The second-order valence-electron chi connectivity index (χ2n) is 2.31. The Morgan fingerprint density at radius 3 is 2.22 bits per heavy atom. The fraction of sp³-hybridized carbons (Fsp3) is 0.833. The van der Waals surface area contributed by atoms with Crippen molar-refractivity contribution in [1.82, 2.24) is 4.90 Å². The van der Waals surface area contributed by atoms with Crippen molar-refractivity contribution in [2.24, 2.45) is 5.92 Å². The Labute approximate surface area is 75.9 Å². The van der Waals surface area contributed by atoms with Crippen LogP contribution < -0.4 is 0 Å². The van der Waals surface area contributed by atoms with E-state index in [9.17, 15) is 0 Å². The van der Waals surface area contributed by atoms with Gasteiger partial charge in [-0.2, -0.15) is 0 Å². The van der Waals surface area contributed by atoms with E-state index >= 15 is 0 Å². The summed E-state index contributed by atoms with van der Waals surface area (Å²) in [6.07, 6.45) is 0. The predicted molar refractivity (Wildman–Crippen MR) is 54.1 cm³/mol. The zero-order valence-corrected chi connectivity index (χ0v) is 8.99. The van der Waals surface area contributed by atoms with Gasteiger partial charge in [0.15, 0.2) is 0 Å². The van der Waals surface area contributed by atoms with Crippen LogP contribution in [0.4, 0.5) is 0 Å². The molecule has 0 unspecified atom stereocenters. The van der Waals surface area contributed by atoms with Crippen LogP contribution in [-0.2, 0) is 0 Å². The molecule has 0 atom stereocenters. The molecule has 0 aliphatic carbocycles. The molecule has 0 radical (unpaired) electrons. The van der Waals surface area contributed by atoms with Gasteiger partial charge in [-0.05, 0) is 0 Å². The minimum absolute atomic E-state index is 0.500. The molecule has 0 bridgehead atoms. The molecule has 1 nitrogen and oxygen atoms in total. The smallest absolute Gasteiger partial charge is 0.0808 e. The zero-order valence-electron chi connectivity index (χ0n) is 6.02. The van der Waals surface area contributed by atoms with Gasteiger partial charge >= 0.3 is 0 Å². The molecule has 0 saturated carbocycles. The Bertz CT molecular complexity index is 103. The standard InChI is InChI=1S/C6H12INS/c1-5(2)6(9)8(3)4-7/h5H,4H2,1-3H3. The number of hydrogen-bond donors (Lipinski definition) is 0. The van der Waals surface area contributed by atoms with Crippen LogP contribution in [0, 0.1) is 5.92 Å². The molecule has 0 aromatic heterocycles. The number of halogens is 1. The van der Waals surface area contributed by atoms with Gasteiger partial charge in [0.05, 0.1) is 9.54 Å². The van der Waals surface area contributed by atoms with Gasteiger partial charge in [0.2, 0.25) is 0 Å². The third kappa shape index (κ3) is 3.35. The van der Waals surface area contributed by atoms with E-state index in [1.54, 1.807) is 0 Å². The van der Waals surface area contributed by atoms with Gasteiger partial charge in [0.1, 0.15) is 0 Å². The van der Waals surface area contributed by atoms with E-state index < -0.39 is 0 Å². The average Bonchev–Trinajstić information content (AvgIpc) is 1.84. The summed E-state index contributed by atoms with van der Waals surface area (Å²) in [6.45, 7) is 4.23. The van der Waals surface area contributed by atoms with Crippen molar-refractivity contribution in [3.8, 4) is 0 Å². The summed E-state index contributed by atoms with van der Waals surface area (Å²) in [5.41, 5.74) is 0. The van der Waals surface area contributed by atoms with Crippen LogP contribution in [0.15, 0.2) is 0 Å². The third-order valence-electron chi connectivity index (χ3n) is 1.05. The molecular formula is C6H12INS. The minimum Gasteiger partial charge on any atom is -0.360 e. The molecule has 0 spiro atoms. The van der Waals surface area contributed by atoms with E-state index in [0.29, 0.717) is 5.92 Å². The van der Waals surface area contributed by atoms with Crippen molar-refractivity contribution in [3.63, 3.8) is 0 Å². The first-order valence-electron chi connectivity index (χ1n) is 2.90. The summed E-state index contributed by atoms with van der Waals surface area (Å²) in [4.78, 5) is 3.13. The Morgan fingerprint density at radius 1 is 1.67 bits per heavy atom. The van der Waals surface area contributed by atoms with Gasteiger partial charge in [-0.3, -0.25) is 0 Å². The molecule has 0 amide bonds. The lowest BCUT2D eigenvalue weighted by Gasteiger charge is -2.19. The molecule has 0 heterocycles. The van der Waals surface area contributed by atoms with E-state index in [0.717, 1.165) is 9.54 Å². The maximum atomic E-state index is 5.12. The highest BCUT2D eigenvalue weighted by atomic mass is 127. The number of thiocarbonyl (C=S) groups is 1. The van der Waals surface area contributed by atoms with Gasteiger partial charge in [-0.15, -0.1) is 0 Å². The molecule has 0 aromatic rings. The Kier molecular flexibility index (Phi) is 4.74. The Balaban J connectivity index is 3.73. The summed E-state index contributed by atoms with van der Waals surface area (Å²) in [5.74, 6) is 0.500. The predicted octanol–water partition coefficient (Wildman–Crippen LogP) is 2.29. The summed E-state index contributed by atoms with van der Waals surface area (Å²) < 4.78 is 0.981. The minimum atomic E-state index is 0.500. The lowest BCUT2D eigenvalue weighted by atomic mass is 10.2. The lowest BCUT2D eigenvalue weighted by molar-refractivity contribution is 0.582. The maximum Gasteiger partial charge on any atom is 0.0808 e. The van der Waals surface area contributed by atoms with Gasteiger partial charge in [0, 0.05) is 13.0 Å². The van der Waals surface area contributed by atoms with Crippen LogP contribution in [0.3, 0.4) is 0 Å². The summed E-state index contributed by atoms with van der Waals surface area (Å²) in [6, 6.07) is 0. The average molecular weight is 257 g/mol. The summed E-state index contributed by atoms with van der Waals surface area (Å²) in [7, 11) is 2.02. The van der Waals surface area contributed by atoms with Crippen molar-refractivity contribution in [3.05, 3.63) is 0 Å². The van der Waals surface area contributed by atoms with Gasteiger partial charge < -0.3 is 4.90 Å². The molecule has 0 N–H and O–H groups in total. The Hall–Kier alpha value is 0.620. The molecule has 0 aliphatic rings. The topological polar surface area (TPSA) is 3.24 Å². The molecule has 0 aliphatic heterocycles. The van der Waals surface area contributed by atoms with E-state index in [1.165, 1.54) is 0 Å². The summed E-state index contributed by atoms with van der Waals surface area (Å²) >= 11 is 7.42. The van der Waals surface area contributed by atoms with Crippen LogP contribution >= 0.6 is 34.8 Å². The first kappa shape index (κ1) is 9.62. The highest BCUT2D eigenvalue weighted by Crippen LogP contribution is 2.02. The van der Waals surface area contributed by atoms with E-state index in [1.807, 2.05) is 7.05 Å². The van der Waals surface area contributed by atoms with E-state index in [-0.39, 0.29) is 0 Å². The second-order valence-corrected chi connectivity index (χ2v) is 3.41. The van der Waals surface area contributed by atoms with Gasteiger partial charge in [0.25, 0.3) is 0 Å². The lowest BCUT2D eigenvalue weighted by Crippen LogP contribution is -2.27. The molecule has 0 fully saturated rings. The third-order valence-corrected chi connectivity index (χ3v) is 2.86. The monoisotopic (exact) mass is 257 g/mol. The van der Waals surface area contributed by atoms with Crippen LogP contribution in [-0.4, -0.2) is 21.5 Å². The molecule has 0 saturated heterocycles. The Morgan fingerprint density at radius 2 is 2.11 bits per heavy atom.